The van der Waals surface area contributed by atoms with E-state index in [0.717, 1.165) is 13.1 Å². The van der Waals surface area contributed by atoms with Gasteiger partial charge in [0.1, 0.15) is 0 Å². The van der Waals surface area contributed by atoms with Crippen molar-refractivity contribution in [3.8, 4) is 0 Å². The second-order valence-electron chi connectivity index (χ2n) is 8.18. The van der Waals surface area contributed by atoms with Crippen molar-refractivity contribution in [2.45, 2.75) is 84.2 Å². The number of unbranched alkanes of at least 4 members (excludes halogenated alkanes) is 8. The molecule has 29 heavy (non-hydrogen) atoms. The van der Waals surface area contributed by atoms with Crippen molar-refractivity contribution in [1.29, 1.82) is 0 Å². The highest BCUT2D eigenvalue weighted by molar-refractivity contribution is 5.17. The van der Waals surface area contributed by atoms with Crippen LogP contribution in [-0.2, 0) is 13.1 Å². The van der Waals surface area contributed by atoms with E-state index in [1.54, 1.807) is 0 Å². The van der Waals surface area contributed by atoms with Crippen molar-refractivity contribution in [1.82, 2.24) is 4.90 Å². The molecule has 0 aliphatic rings. The van der Waals surface area contributed by atoms with E-state index in [0.29, 0.717) is 0 Å². The molecule has 0 saturated carbocycles. The first-order valence-electron chi connectivity index (χ1n) is 11.8. The lowest BCUT2D eigenvalue weighted by molar-refractivity contribution is 0.250. The van der Waals surface area contributed by atoms with E-state index >= 15 is 0 Å². The minimum absolute atomic E-state index is 1.04. The summed E-state index contributed by atoms with van der Waals surface area (Å²) in [7, 11) is 0. The fourth-order valence-corrected chi connectivity index (χ4v) is 3.84. The summed E-state index contributed by atoms with van der Waals surface area (Å²) in [6, 6.07) is 21.8. The maximum Gasteiger partial charge on any atom is 0.0237 e. The van der Waals surface area contributed by atoms with E-state index in [9.17, 15) is 0 Å². The molecule has 0 aliphatic carbocycles. The third-order valence-electron chi connectivity index (χ3n) is 5.50. The van der Waals surface area contributed by atoms with Gasteiger partial charge in [0.15, 0.2) is 0 Å². The van der Waals surface area contributed by atoms with Gasteiger partial charge in [-0.2, -0.15) is 0 Å². The predicted molar refractivity (Wildman–Crippen MR) is 128 cm³/mol. The molecule has 0 unspecified atom stereocenters. The van der Waals surface area contributed by atoms with Gasteiger partial charge in [-0.1, -0.05) is 118 Å². The molecule has 0 atom stereocenters. The maximum absolute atomic E-state index is 2.61. The quantitative estimate of drug-likeness (QED) is 0.206. The standard InChI is InChI=1S/C28H41N/c1-2-3-4-5-6-7-8-9-10-11-12-19-24-29(25-27-20-15-13-16-21-27)26-28-22-17-14-18-23-28/h3-4,13-18,20-23H,2,5-12,19,24-26H2,1H3/b4-3+. The molecular formula is C28H41N. The van der Waals surface area contributed by atoms with Crippen LogP contribution in [0.2, 0.25) is 0 Å². The minimum Gasteiger partial charge on any atom is -0.295 e. The molecule has 1 heteroatoms. The molecule has 0 aromatic heterocycles. The number of allylic oxidation sites excluding steroid dienone is 2. The van der Waals surface area contributed by atoms with Crippen LogP contribution >= 0.6 is 0 Å². The molecular weight excluding hydrogens is 350 g/mol. The first-order chi connectivity index (χ1) is 14.4. The summed E-state index contributed by atoms with van der Waals surface area (Å²) in [5.74, 6) is 0. The predicted octanol–water partition coefficient (Wildman–Crippen LogP) is 8.17. The van der Waals surface area contributed by atoms with Gasteiger partial charge in [-0.05, 0) is 43.4 Å². The van der Waals surface area contributed by atoms with Crippen molar-refractivity contribution >= 4 is 0 Å². The largest absolute Gasteiger partial charge is 0.295 e. The molecule has 1 nitrogen and oxygen atoms in total. The van der Waals surface area contributed by atoms with Crippen LogP contribution in [0.3, 0.4) is 0 Å². The van der Waals surface area contributed by atoms with Gasteiger partial charge in [0, 0.05) is 13.1 Å². The molecule has 0 aliphatic heterocycles. The van der Waals surface area contributed by atoms with Crippen LogP contribution < -0.4 is 0 Å². The molecule has 158 valence electrons. The van der Waals surface area contributed by atoms with Crippen molar-refractivity contribution < 1.29 is 0 Å². The molecule has 0 N–H and O–H groups in total. The summed E-state index contributed by atoms with van der Waals surface area (Å²) in [5, 5.41) is 0. The van der Waals surface area contributed by atoms with Crippen LogP contribution in [0, 0.1) is 0 Å². The molecule has 0 heterocycles. The lowest BCUT2D eigenvalue weighted by Crippen LogP contribution is -2.24. The van der Waals surface area contributed by atoms with Gasteiger partial charge >= 0.3 is 0 Å². The number of nitrogens with zero attached hydrogens (tertiary/aromatic N) is 1. The lowest BCUT2D eigenvalue weighted by atomic mass is 10.1. The van der Waals surface area contributed by atoms with Gasteiger partial charge in [-0.15, -0.1) is 0 Å². The molecule has 0 spiro atoms. The third-order valence-corrected chi connectivity index (χ3v) is 5.50. The normalized spacial score (nSPS) is 11.5. The van der Waals surface area contributed by atoms with Crippen molar-refractivity contribution in [2.75, 3.05) is 6.54 Å². The van der Waals surface area contributed by atoms with Gasteiger partial charge in [0.2, 0.25) is 0 Å². The number of rotatable bonds is 16. The van der Waals surface area contributed by atoms with E-state index in [2.05, 4.69) is 84.6 Å². The van der Waals surface area contributed by atoms with Gasteiger partial charge in [-0.3, -0.25) is 4.90 Å². The highest BCUT2D eigenvalue weighted by Crippen LogP contribution is 2.14. The zero-order valence-corrected chi connectivity index (χ0v) is 18.6. The van der Waals surface area contributed by atoms with Crippen molar-refractivity contribution in [3.05, 3.63) is 83.9 Å². The second-order valence-corrected chi connectivity index (χ2v) is 8.18. The molecule has 0 bridgehead atoms. The zero-order chi connectivity index (χ0) is 20.4. The highest BCUT2D eigenvalue weighted by Gasteiger charge is 2.07. The summed E-state index contributed by atoms with van der Waals surface area (Å²) < 4.78 is 0. The SMILES string of the molecule is CC/C=C/CCCCCCCCCCN(Cc1ccccc1)Cc1ccccc1. The number of hydrogen-bond acceptors (Lipinski definition) is 1. The van der Waals surface area contributed by atoms with Crippen LogP contribution in [0.25, 0.3) is 0 Å². The van der Waals surface area contributed by atoms with E-state index in [-0.39, 0.29) is 0 Å². The molecule has 0 saturated heterocycles. The summed E-state index contributed by atoms with van der Waals surface area (Å²) >= 11 is 0. The number of hydrogen-bond donors (Lipinski definition) is 0. The first kappa shape index (κ1) is 23.4. The van der Waals surface area contributed by atoms with Crippen molar-refractivity contribution in [3.63, 3.8) is 0 Å². The molecule has 0 fully saturated rings. The minimum atomic E-state index is 1.04. The van der Waals surface area contributed by atoms with Crippen LogP contribution in [0.15, 0.2) is 72.8 Å². The van der Waals surface area contributed by atoms with Gasteiger partial charge in [0.25, 0.3) is 0 Å². The summed E-state index contributed by atoms with van der Waals surface area (Å²) in [6.45, 7) is 5.48. The van der Waals surface area contributed by atoms with E-state index < -0.39 is 0 Å². The van der Waals surface area contributed by atoms with E-state index in [1.807, 2.05) is 0 Å². The van der Waals surface area contributed by atoms with Crippen LogP contribution in [0.1, 0.15) is 82.3 Å². The van der Waals surface area contributed by atoms with Crippen LogP contribution in [-0.4, -0.2) is 11.4 Å². The van der Waals surface area contributed by atoms with Gasteiger partial charge < -0.3 is 0 Å². The molecule has 0 radical (unpaired) electrons. The number of benzene rings is 2. The fourth-order valence-electron chi connectivity index (χ4n) is 3.84. The Labute approximate surface area is 179 Å². The average Bonchev–Trinajstić information content (AvgIpc) is 2.76. The Balaban J connectivity index is 1.60. The Kier molecular flexibility index (Phi) is 12.9. The van der Waals surface area contributed by atoms with Crippen LogP contribution in [0.5, 0.6) is 0 Å². The summed E-state index contributed by atoms with van der Waals surface area (Å²) in [6.07, 6.45) is 18.1. The smallest absolute Gasteiger partial charge is 0.0237 e. The maximum atomic E-state index is 2.61. The second kappa shape index (κ2) is 16.0. The Morgan fingerprint density at radius 1 is 0.586 bits per heavy atom. The summed E-state index contributed by atoms with van der Waals surface area (Å²) in [5.41, 5.74) is 2.83. The van der Waals surface area contributed by atoms with Crippen LogP contribution in [0.4, 0.5) is 0 Å². The highest BCUT2D eigenvalue weighted by atomic mass is 15.1. The monoisotopic (exact) mass is 391 g/mol. The van der Waals surface area contributed by atoms with E-state index in [1.165, 1.54) is 81.9 Å². The topological polar surface area (TPSA) is 3.24 Å². The third kappa shape index (κ3) is 11.7. The molecule has 2 rings (SSSR count). The molecule has 2 aromatic rings. The first-order valence-corrected chi connectivity index (χ1v) is 11.8. The Morgan fingerprint density at radius 2 is 1.07 bits per heavy atom. The van der Waals surface area contributed by atoms with Crippen molar-refractivity contribution in [2.24, 2.45) is 0 Å². The van der Waals surface area contributed by atoms with Gasteiger partial charge in [-0.25, -0.2) is 0 Å². The Hall–Kier alpha value is -1.86. The fraction of sp³-hybridized carbons (Fsp3) is 0.500. The molecule has 0 amide bonds. The van der Waals surface area contributed by atoms with Gasteiger partial charge in [0.05, 0.1) is 0 Å². The Bertz CT molecular complexity index is 590. The van der Waals surface area contributed by atoms with E-state index in [4.69, 9.17) is 0 Å². The Morgan fingerprint density at radius 3 is 1.59 bits per heavy atom. The lowest BCUT2D eigenvalue weighted by Gasteiger charge is -2.22. The average molecular weight is 392 g/mol. The zero-order valence-electron chi connectivity index (χ0n) is 18.6. The summed E-state index contributed by atoms with van der Waals surface area (Å²) in [4.78, 5) is 2.61. The molecule has 2 aromatic carbocycles.